The molecule has 0 aliphatic rings. The van der Waals surface area contributed by atoms with Gasteiger partial charge >= 0.3 is 0 Å². The van der Waals surface area contributed by atoms with Gasteiger partial charge in [0.1, 0.15) is 5.82 Å². The van der Waals surface area contributed by atoms with E-state index < -0.39 is 0 Å². The van der Waals surface area contributed by atoms with Crippen molar-refractivity contribution in [3.8, 4) is 0 Å². The Kier molecular flexibility index (Phi) is 4.97. The molecular formula is C12H19N7OS. The van der Waals surface area contributed by atoms with Crippen LogP contribution in [0.5, 0.6) is 0 Å². The average molecular weight is 309 g/mol. The highest BCUT2D eigenvalue weighted by Gasteiger charge is 2.12. The van der Waals surface area contributed by atoms with Gasteiger partial charge in [0, 0.05) is 14.1 Å². The van der Waals surface area contributed by atoms with Crippen molar-refractivity contribution in [2.75, 3.05) is 18.1 Å². The molecule has 0 fully saturated rings. The fourth-order valence-corrected chi connectivity index (χ4v) is 2.45. The summed E-state index contributed by atoms with van der Waals surface area (Å²) in [6, 6.07) is 0. The second-order valence-corrected chi connectivity index (χ2v) is 5.53. The standard InChI is InChI=1S/C12H19N7OS/c1-8-9(5-14-19(8)4)15-11(20)7-21-12-17-16-10(6-13-2)18(12)3/h5,13H,6-7H2,1-4H3,(H,15,20). The molecule has 0 aliphatic carbocycles. The number of nitrogens with zero attached hydrogens (tertiary/aromatic N) is 5. The number of anilines is 1. The Hall–Kier alpha value is -1.87. The third-order valence-corrected chi connectivity index (χ3v) is 4.12. The minimum atomic E-state index is -0.0886. The molecule has 0 bridgehead atoms. The van der Waals surface area contributed by atoms with Gasteiger partial charge in [0.2, 0.25) is 5.91 Å². The Bertz CT molecular complexity index is 634. The molecule has 2 N–H and O–H groups in total. The van der Waals surface area contributed by atoms with Crippen molar-refractivity contribution in [3.05, 3.63) is 17.7 Å². The van der Waals surface area contributed by atoms with Crippen molar-refractivity contribution in [1.29, 1.82) is 0 Å². The number of amides is 1. The maximum atomic E-state index is 12.0. The van der Waals surface area contributed by atoms with E-state index >= 15 is 0 Å². The van der Waals surface area contributed by atoms with Crippen LogP contribution in [0.3, 0.4) is 0 Å². The van der Waals surface area contributed by atoms with E-state index in [1.807, 2.05) is 32.6 Å². The number of aromatic nitrogens is 5. The van der Waals surface area contributed by atoms with Gasteiger partial charge in [-0.25, -0.2) is 0 Å². The van der Waals surface area contributed by atoms with E-state index in [4.69, 9.17) is 0 Å². The van der Waals surface area contributed by atoms with Crippen molar-refractivity contribution in [1.82, 2.24) is 29.9 Å². The molecule has 1 amide bonds. The molecular weight excluding hydrogens is 290 g/mol. The molecule has 21 heavy (non-hydrogen) atoms. The molecule has 8 nitrogen and oxygen atoms in total. The Morgan fingerprint density at radius 1 is 1.38 bits per heavy atom. The molecule has 2 heterocycles. The van der Waals surface area contributed by atoms with Crippen molar-refractivity contribution >= 4 is 23.4 Å². The molecule has 0 atom stereocenters. The van der Waals surface area contributed by atoms with Gasteiger partial charge in [-0.05, 0) is 14.0 Å². The van der Waals surface area contributed by atoms with Gasteiger partial charge in [-0.15, -0.1) is 10.2 Å². The molecule has 0 saturated heterocycles. The molecule has 0 saturated carbocycles. The fraction of sp³-hybridized carbons (Fsp3) is 0.500. The first-order valence-corrected chi connectivity index (χ1v) is 7.45. The largest absolute Gasteiger partial charge is 0.322 e. The summed E-state index contributed by atoms with van der Waals surface area (Å²) in [5.41, 5.74) is 1.65. The first-order chi connectivity index (χ1) is 10.0. The summed E-state index contributed by atoms with van der Waals surface area (Å²) in [5, 5.41) is 18.8. The highest BCUT2D eigenvalue weighted by atomic mass is 32.2. The quantitative estimate of drug-likeness (QED) is 0.746. The smallest absolute Gasteiger partial charge is 0.234 e. The molecule has 0 aromatic carbocycles. The second kappa shape index (κ2) is 6.72. The molecule has 0 spiro atoms. The van der Waals surface area contributed by atoms with Crippen LogP contribution in [-0.4, -0.2) is 43.3 Å². The van der Waals surface area contributed by atoms with Gasteiger partial charge in [0.25, 0.3) is 0 Å². The number of aryl methyl sites for hydroxylation is 1. The van der Waals surface area contributed by atoms with E-state index in [1.54, 1.807) is 10.9 Å². The zero-order valence-electron chi connectivity index (χ0n) is 12.5. The van der Waals surface area contributed by atoms with Gasteiger partial charge in [-0.3, -0.25) is 9.48 Å². The van der Waals surface area contributed by atoms with Crippen LogP contribution < -0.4 is 10.6 Å². The average Bonchev–Trinajstić information content (AvgIpc) is 2.95. The van der Waals surface area contributed by atoms with Crippen molar-refractivity contribution in [3.63, 3.8) is 0 Å². The van der Waals surface area contributed by atoms with Gasteiger partial charge < -0.3 is 15.2 Å². The molecule has 2 aromatic rings. The zero-order chi connectivity index (χ0) is 15.4. The number of rotatable bonds is 6. The first-order valence-electron chi connectivity index (χ1n) is 6.47. The maximum absolute atomic E-state index is 12.0. The summed E-state index contributed by atoms with van der Waals surface area (Å²) in [4.78, 5) is 12.0. The molecule has 114 valence electrons. The van der Waals surface area contributed by atoms with Crippen LogP contribution in [0.25, 0.3) is 0 Å². The number of carbonyl (C=O) groups is 1. The van der Waals surface area contributed by atoms with Gasteiger partial charge in [-0.1, -0.05) is 11.8 Å². The van der Waals surface area contributed by atoms with Crippen LogP contribution in [0.15, 0.2) is 11.4 Å². The van der Waals surface area contributed by atoms with Gasteiger partial charge in [0.05, 0.1) is 29.9 Å². The highest BCUT2D eigenvalue weighted by molar-refractivity contribution is 7.99. The van der Waals surface area contributed by atoms with Crippen LogP contribution in [0, 0.1) is 6.92 Å². The summed E-state index contributed by atoms with van der Waals surface area (Å²) in [6.45, 7) is 2.55. The van der Waals surface area contributed by atoms with E-state index in [2.05, 4.69) is 25.9 Å². The molecule has 9 heteroatoms. The highest BCUT2D eigenvalue weighted by Crippen LogP contribution is 2.17. The van der Waals surface area contributed by atoms with Gasteiger partial charge in [-0.2, -0.15) is 5.10 Å². The van der Waals surface area contributed by atoms with E-state index in [-0.39, 0.29) is 11.7 Å². The zero-order valence-corrected chi connectivity index (χ0v) is 13.4. The van der Waals surface area contributed by atoms with Crippen LogP contribution in [0.2, 0.25) is 0 Å². The maximum Gasteiger partial charge on any atom is 0.234 e. The van der Waals surface area contributed by atoms with Crippen LogP contribution >= 0.6 is 11.8 Å². The Morgan fingerprint density at radius 2 is 2.14 bits per heavy atom. The van der Waals surface area contributed by atoms with Crippen LogP contribution in [0.1, 0.15) is 11.5 Å². The van der Waals surface area contributed by atoms with Crippen LogP contribution in [-0.2, 0) is 25.4 Å². The van der Waals surface area contributed by atoms with E-state index in [0.29, 0.717) is 6.54 Å². The van der Waals surface area contributed by atoms with Crippen LogP contribution in [0.4, 0.5) is 5.69 Å². The predicted molar refractivity (Wildman–Crippen MR) is 81.1 cm³/mol. The molecule has 2 rings (SSSR count). The Morgan fingerprint density at radius 3 is 2.76 bits per heavy atom. The Labute approximate surface area is 127 Å². The van der Waals surface area contributed by atoms with E-state index in [0.717, 1.165) is 22.4 Å². The fourth-order valence-electron chi connectivity index (χ4n) is 1.72. The third kappa shape index (κ3) is 3.61. The van der Waals surface area contributed by atoms with E-state index in [1.165, 1.54) is 11.8 Å². The number of nitrogens with one attached hydrogen (secondary N) is 2. The van der Waals surface area contributed by atoms with E-state index in [9.17, 15) is 4.79 Å². The topological polar surface area (TPSA) is 89.7 Å². The number of thioether (sulfide) groups is 1. The second-order valence-electron chi connectivity index (χ2n) is 4.59. The predicted octanol–water partition coefficient (Wildman–Crippen LogP) is 0.307. The van der Waals surface area contributed by atoms with Crippen molar-refractivity contribution in [2.45, 2.75) is 18.6 Å². The lowest BCUT2D eigenvalue weighted by atomic mass is 10.4. The summed E-state index contributed by atoms with van der Waals surface area (Å²) >= 11 is 1.36. The molecule has 2 aromatic heterocycles. The molecule has 0 unspecified atom stereocenters. The number of carbonyl (C=O) groups excluding carboxylic acids is 1. The Balaban J connectivity index is 1.91. The number of hydrogen-bond donors (Lipinski definition) is 2. The summed E-state index contributed by atoms with van der Waals surface area (Å²) in [5.74, 6) is 1.03. The lowest BCUT2D eigenvalue weighted by Crippen LogP contribution is -2.15. The summed E-state index contributed by atoms with van der Waals surface area (Å²) < 4.78 is 3.60. The van der Waals surface area contributed by atoms with Gasteiger partial charge in [0.15, 0.2) is 5.16 Å². The van der Waals surface area contributed by atoms with Crippen molar-refractivity contribution < 1.29 is 4.79 Å². The monoisotopic (exact) mass is 309 g/mol. The SMILES string of the molecule is CNCc1nnc(SCC(=O)Nc2cnn(C)c2C)n1C. The molecule has 0 radical (unpaired) electrons. The van der Waals surface area contributed by atoms with Crippen molar-refractivity contribution in [2.24, 2.45) is 14.1 Å². The minimum Gasteiger partial charge on any atom is -0.322 e. The third-order valence-electron chi connectivity index (χ3n) is 3.10. The lowest BCUT2D eigenvalue weighted by Gasteiger charge is -2.05. The minimum absolute atomic E-state index is 0.0886. The molecule has 0 aliphatic heterocycles. The number of hydrogen-bond acceptors (Lipinski definition) is 6. The first kappa shape index (κ1) is 15.5. The normalized spacial score (nSPS) is 10.9. The summed E-state index contributed by atoms with van der Waals surface area (Å²) in [7, 11) is 5.58. The summed E-state index contributed by atoms with van der Waals surface area (Å²) in [6.07, 6.45) is 1.64. The lowest BCUT2D eigenvalue weighted by molar-refractivity contribution is -0.113.